The Bertz CT molecular complexity index is 556. The number of rotatable bonds is 4. The standard InChI is InChI=1S/C13H16N2O5/c1-13(18)5-6-14(8-13)7-9-3-2-4-10(15(19)20)11(9)12(16)17/h2-4,18H,5-8H2,1H3,(H,16,17). The van der Waals surface area contributed by atoms with Crippen LogP contribution >= 0.6 is 0 Å². The van der Waals surface area contributed by atoms with E-state index in [9.17, 15) is 25.1 Å². The summed E-state index contributed by atoms with van der Waals surface area (Å²) < 4.78 is 0. The van der Waals surface area contributed by atoms with Gasteiger partial charge < -0.3 is 10.2 Å². The molecule has 7 heteroatoms. The van der Waals surface area contributed by atoms with E-state index < -0.39 is 22.2 Å². The largest absolute Gasteiger partial charge is 0.477 e. The number of aromatic carboxylic acids is 1. The molecule has 2 N–H and O–H groups in total. The first-order chi connectivity index (χ1) is 9.30. The molecule has 0 saturated carbocycles. The van der Waals surface area contributed by atoms with Gasteiger partial charge in [-0.05, 0) is 18.9 Å². The fraction of sp³-hybridized carbons (Fsp3) is 0.462. The number of β-amino-alcohol motifs (C(OH)–C–C–N with tert-alkyl or cyclic N) is 1. The molecule has 0 aliphatic carbocycles. The molecule has 1 aromatic carbocycles. The van der Waals surface area contributed by atoms with E-state index in [0.29, 0.717) is 25.1 Å². The van der Waals surface area contributed by atoms with E-state index >= 15 is 0 Å². The van der Waals surface area contributed by atoms with E-state index in [1.165, 1.54) is 12.1 Å². The van der Waals surface area contributed by atoms with E-state index in [1.807, 2.05) is 4.90 Å². The molecule has 0 aromatic heterocycles. The van der Waals surface area contributed by atoms with Crippen LogP contribution in [0.1, 0.15) is 29.3 Å². The number of likely N-dealkylation sites (tertiary alicyclic amines) is 1. The maximum atomic E-state index is 11.3. The van der Waals surface area contributed by atoms with Crippen LogP contribution in [0.4, 0.5) is 5.69 Å². The lowest BCUT2D eigenvalue weighted by atomic mass is 10.0. The normalized spacial score (nSPS) is 22.9. The van der Waals surface area contributed by atoms with Crippen LogP contribution in [0.15, 0.2) is 18.2 Å². The lowest BCUT2D eigenvalue weighted by Crippen LogP contribution is -2.29. The summed E-state index contributed by atoms with van der Waals surface area (Å²) in [5.41, 5.74) is -1.07. The Morgan fingerprint density at radius 2 is 2.25 bits per heavy atom. The average Bonchev–Trinajstić information content (AvgIpc) is 2.68. The zero-order valence-corrected chi connectivity index (χ0v) is 11.1. The van der Waals surface area contributed by atoms with Crippen molar-refractivity contribution >= 4 is 11.7 Å². The molecule has 1 heterocycles. The highest BCUT2D eigenvalue weighted by molar-refractivity contribution is 5.94. The van der Waals surface area contributed by atoms with Gasteiger partial charge in [0.15, 0.2) is 0 Å². The van der Waals surface area contributed by atoms with Crippen molar-refractivity contribution in [1.29, 1.82) is 0 Å². The maximum Gasteiger partial charge on any atom is 0.343 e. The Morgan fingerprint density at radius 1 is 1.55 bits per heavy atom. The average molecular weight is 280 g/mol. The van der Waals surface area contributed by atoms with Crippen molar-refractivity contribution in [3.05, 3.63) is 39.4 Å². The number of nitro benzene ring substituents is 1. The summed E-state index contributed by atoms with van der Waals surface area (Å²) in [6.45, 7) is 3.06. The molecule has 0 spiro atoms. The van der Waals surface area contributed by atoms with Crippen LogP contribution in [0, 0.1) is 10.1 Å². The van der Waals surface area contributed by atoms with Crippen molar-refractivity contribution in [2.24, 2.45) is 0 Å². The second-order valence-electron chi connectivity index (χ2n) is 5.33. The van der Waals surface area contributed by atoms with Crippen molar-refractivity contribution in [2.45, 2.75) is 25.5 Å². The third-order valence-corrected chi connectivity index (χ3v) is 3.46. The fourth-order valence-electron chi connectivity index (χ4n) is 2.53. The molecular formula is C13H16N2O5. The van der Waals surface area contributed by atoms with E-state index in [2.05, 4.69) is 0 Å². The smallest absolute Gasteiger partial charge is 0.343 e. The topological polar surface area (TPSA) is 104 Å². The highest BCUT2D eigenvalue weighted by Crippen LogP contribution is 2.27. The summed E-state index contributed by atoms with van der Waals surface area (Å²) >= 11 is 0. The summed E-state index contributed by atoms with van der Waals surface area (Å²) in [7, 11) is 0. The molecule has 0 amide bonds. The molecule has 0 bridgehead atoms. The summed E-state index contributed by atoms with van der Waals surface area (Å²) in [5.74, 6) is -1.31. The molecule has 0 radical (unpaired) electrons. The molecule has 7 nitrogen and oxygen atoms in total. The first-order valence-electron chi connectivity index (χ1n) is 6.24. The lowest BCUT2D eigenvalue weighted by Gasteiger charge is -2.19. The zero-order valence-electron chi connectivity index (χ0n) is 11.1. The van der Waals surface area contributed by atoms with Crippen LogP contribution in [-0.4, -0.2) is 44.7 Å². The number of carboxylic acid groups (broad SMARTS) is 1. The number of hydrogen-bond donors (Lipinski definition) is 2. The fourth-order valence-corrected chi connectivity index (χ4v) is 2.53. The highest BCUT2D eigenvalue weighted by Gasteiger charge is 2.32. The SMILES string of the molecule is CC1(O)CCN(Cc2cccc([N+](=O)[O-])c2C(=O)O)C1. The van der Waals surface area contributed by atoms with Crippen LogP contribution < -0.4 is 0 Å². The van der Waals surface area contributed by atoms with Crippen molar-refractivity contribution in [3.63, 3.8) is 0 Å². The van der Waals surface area contributed by atoms with Gasteiger partial charge >= 0.3 is 5.97 Å². The van der Waals surface area contributed by atoms with E-state index in [0.717, 1.165) is 0 Å². The Hall–Kier alpha value is -1.99. The van der Waals surface area contributed by atoms with Crippen molar-refractivity contribution < 1.29 is 19.9 Å². The number of nitrogens with zero attached hydrogens (tertiary/aromatic N) is 2. The molecule has 1 saturated heterocycles. The van der Waals surface area contributed by atoms with Crippen LogP contribution in [-0.2, 0) is 6.54 Å². The number of aliphatic hydroxyl groups is 1. The van der Waals surface area contributed by atoms with Crippen LogP contribution in [0.2, 0.25) is 0 Å². The molecule has 1 unspecified atom stereocenters. The molecular weight excluding hydrogens is 264 g/mol. The molecule has 108 valence electrons. The highest BCUT2D eigenvalue weighted by atomic mass is 16.6. The van der Waals surface area contributed by atoms with E-state index in [-0.39, 0.29) is 12.1 Å². The molecule has 1 aliphatic heterocycles. The minimum absolute atomic E-state index is 0.274. The molecule has 1 aromatic rings. The van der Waals surface area contributed by atoms with Gasteiger partial charge in [0, 0.05) is 25.7 Å². The number of carbonyl (C=O) groups is 1. The summed E-state index contributed by atoms with van der Waals surface area (Å²) in [5, 5.41) is 30.0. The Balaban J connectivity index is 2.30. The minimum Gasteiger partial charge on any atom is -0.477 e. The molecule has 1 atom stereocenters. The third-order valence-electron chi connectivity index (χ3n) is 3.46. The van der Waals surface area contributed by atoms with Gasteiger partial charge in [0.05, 0.1) is 10.5 Å². The van der Waals surface area contributed by atoms with Gasteiger partial charge in [0.1, 0.15) is 5.56 Å². The number of nitro groups is 1. The summed E-state index contributed by atoms with van der Waals surface area (Å²) in [6.07, 6.45) is 0.602. The maximum absolute atomic E-state index is 11.3. The Labute approximate surface area is 115 Å². The van der Waals surface area contributed by atoms with Crippen molar-refractivity contribution in [1.82, 2.24) is 4.90 Å². The first-order valence-corrected chi connectivity index (χ1v) is 6.24. The number of benzene rings is 1. The van der Waals surface area contributed by atoms with Crippen LogP contribution in [0.25, 0.3) is 0 Å². The quantitative estimate of drug-likeness (QED) is 0.635. The third kappa shape index (κ3) is 2.94. The van der Waals surface area contributed by atoms with Crippen molar-refractivity contribution in [3.8, 4) is 0 Å². The second-order valence-corrected chi connectivity index (χ2v) is 5.33. The minimum atomic E-state index is -1.31. The van der Waals surface area contributed by atoms with Gasteiger partial charge in [-0.3, -0.25) is 15.0 Å². The van der Waals surface area contributed by atoms with Gasteiger partial charge in [0.2, 0.25) is 0 Å². The number of carboxylic acids is 1. The van der Waals surface area contributed by atoms with Crippen LogP contribution in [0.5, 0.6) is 0 Å². The van der Waals surface area contributed by atoms with Crippen molar-refractivity contribution in [2.75, 3.05) is 13.1 Å². The molecule has 20 heavy (non-hydrogen) atoms. The van der Waals surface area contributed by atoms with Gasteiger partial charge in [-0.1, -0.05) is 12.1 Å². The van der Waals surface area contributed by atoms with Gasteiger partial charge in [-0.25, -0.2) is 4.79 Å². The zero-order chi connectivity index (χ0) is 14.9. The monoisotopic (exact) mass is 280 g/mol. The first kappa shape index (κ1) is 14.4. The van der Waals surface area contributed by atoms with Gasteiger partial charge in [-0.2, -0.15) is 0 Å². The van der Waals surface area contributed by atoms with E-state index in [4.69, 9.17) is 0 Å². The lowest BCUT2D eigenvalue weighted by molar-refractivity contribution is -0.385. The Kier molecular flexibility index (Phi) is 3.74. The van der Waals surface area contributed by atoms with E-state index in [1.54, 1.807) is 13.0 Å². The summed E-state index contributed by atoms with van der Waals surface area (Å²) in [6, 6.07) is 4.24. The Morgan fingerprint density at radius 3 is 2.75 bits per heavy atom. The van der Waals surface area contributed by atoms with Gasteiger partial charge in [-0.15, -0.1) is 0 Å². The van der Waals surface area contributed by atoms with Gasteiger partial charge in [0.25, 0.3) is 5.69 Å². The predicted octanol–water partition coefficient (Wildman–Crippen LogP) is 1.25. The van der Waals surface area contributed by atoms with Crippen LogP contribution in [0.3, 0.4) is 0 Å². The number of hydrogen-bond acceptors (Lipinski definition) is 5. The molecule has 1 fully saturated rings. The second kappa shape index (κ2) is 5.18. The predicted molar refractivity (Wildman–Crippen MR) is 70.6 cm³/mol. The summed E-state index contributed by atoms with van der Waals surface area (Å²) in [4.78, 5) is 23.4. The molecule has 2 rings (SSSR count). The molecule has 1 aliphatic rings.